The number of carbonyl (C=O) groups is 1. The van der Waals surface area contributed by atoms with Crippen molar-refractivity contribution in [1.29, 1.82) is 0 Å². The van der Waals surface area contributed by atoms with E-state index < -0.39 is 0 Å². The minimum absolute atomic E-state index is 0.266. The highest BCUT2D eigenvalue weighted by molar-refractivity contribution is 6.34. The molecule has 1 fully saturated rings. The second kappa shape index (κ2) is 7.46. The Morgan fingerprint density at radius 1 is 0.962 bits per heavy atom. The van der Waals surface area contributed by atoms with Gasteiger partial charge in [0.1, 0.15) is 13.2 Å². The third-order valence-electron chi connectivity index (χ3n) is 4.72. The molecule has 2 aromatic carbocycles. The van der Waals surface area contributed by atoms with Crippen molar-refractivity contribution in [1.82, 2.24) is 0 Å². The topological polar surface area (TPSA) is 50.8 Å². The van der Waals surface area contributed by atoms with Crippen LogP contribution in [0.1, 0.15) is 29.6 Å². The zero-order valence-electron chi connectivity index (χ0n) is 14.5. The van der Waals surface area contributed by atoms with Gasteiger partial charge in [0.2, 0.25) is 0 Å². The van der Waals surface area contributed by atoms with Crippen LogP contribution in [0.25, 0.3) is 0 Å². The van der Waals surface area contributed by atoms with E-state index in [0.29, 0.717) is 35.3 Å². The van der Waals surface area contributed by atoms with E-state index in [-0.39, 0.29) is 5.91 Å². The fourth-order valence-corrected chi connectivity index (χ4v) is 3.58. The molecule has 1 amide bonds. The third-order valence-corrected chi connectivity index (χ3v) is 5.04. The lowest BCUT2D eigenvalue weighted by Crippen LogP contribution is -2.29. The summed E-state index contributed by atoms with van der Waals surface area (Å²) in [6, 6.07) is 11.2. The first-order valence-electron chi connectivity index (χ1n) is 8.96. The summed E-state index contributed by atoms with van der Waals surface area (Å²) in [5, 5.41) is 3.24. The number of halogens is 1. The van der Waals surface area contributed by atoms with Crippen LogP contribution in [0.5, 0.6) is 11.5 Å². The van der Waals surface area contributed by atoms with E-state index >= 15 is 0 Å². The number of carbonyl (C=O) groups excluding carboxylic acids is 1. The SMILES string of the molecule is O=C(Nc1ccc(N2CCCCC2)cc1)c1cc2c(cc1Cl)OCCO2. The van der Waals surface area contributed by atoms with Crippen molar-refractivity contribution in [2.24, 2.45) is 0 Å². The molecule has 0 unspecified atom stereocenters. The summed E-state index contributed by atoms with van der Waals surface area (Å²) < 4.78 is 11.0. The molecule has 2 aliphatic heterocycles. The molecule has 26 heavy (non-hydrogen) atoms. The molecular formula is C20H21ClN2O3. The van der Waals surface area contributed by atoms with E-state index in [0.717, 1.165) is 18.8 Å². The van der Waals surface area contributed by atoms with Gasteiger partial charge in [-0.25, -0.2) is 0 Å². The lowest BCUT2D eigenvalue weighted by molar-refractivity contribution is 0.102. The number of hydrogen-bond donors (Lipinski definition) is 1. The van der Waals surface area contributed by atoms with Gasteiger partial charge in [-0.1, -0.05) is 11.6 Å². The standard InChI is InChI=1S/C20H21ClN2O3/c21-17-13-19-18(25-10-11-26-19)12-16(17)20(24)22-14-4-6-15(7-5-14)23-8-2-1-3-9-23/h4-7,12-13H,1-3,8-11H2,(H,22,24). The highest BCUT2D eigenvalue weighted by Crippen LogP contribution is 2.35. The number of amides is 1. The Morgan fingerprint density at radius 3 is 2.31 bits per heavy atom. The number of hydrogen-bond acceptors (Lipinski definition) is 4. The van der Waals surface area contributed by atoms with Gasteiger partial charge in [-0.3, -0.25) is 4.79 Å². The van der Waals surface area contributed by atoms with E-state index in [2.05, 4.69) is 10.2 Å². The van der Waals surface area contributed by atoms with Gasteiger partial charge in [0, 0.05) is 30.5 Å². The van der Waals surface area contributed by atoms with Crippen LogP contribution in [0.4, 0.5) is 11.4 Å². The molecule has 4 rings (SSSR count). The Labute approximate surface area is 157 Å². The molecule has 136 valence electrons. The van der Waals surface area contributed by atoms with Crippen molar-refractivity contribution in [3.05, 3.63) is 47.0 Å². The maximum atomic E-state index is 12.6. The summed E-state index contributed by atoms with van der Waals surface area (Å²) >= 11 is 6.25. The molecule has 6 heteroatoms. The maximum absolute atomic E-state index is 12.6. The average Bonchev–Trinajstić information content (AvgIpc) is 2.68. The summed E-state index contributed by atoms with van der Waals surface area (Å²) in [6.45, 7) is 3.14. The number of anilines is 2. The first-order chi connectivity index (χ1) is 12.7. The van der Waals surface area contributed by atoms with Crippen LogP contribution < -0.4 is 19.7 Å². The van der Waals surface area contributed by atoms with Crippen molar-refractivity contribution >= 4 is 28.9 Å². The van der Waals surface area contributed by atoms with E-state index in [1.54, 1.807) is 12.1 Å². The molecular weight excluding hydrogens is 352 g/mol. The number of benzene rings is 2. The second-order valence-corrected chi connectivity index (χ2v) is 6.93. The number of nitrogens with one attached hydrogen (secondary N) is 1. The summed E-state index contributed by atoms with van der Waals surface area (Å²) in [4.78, 5) is 15.0. The number of ether oxygens (including phenoxy) is 2. The van der Waals surface area contributed by atoms with Gasteiger partial charge in [0.05, 0.1) is 10.6 Å². The van der Waals surface area contributed by atoms with E-state index in [9.17, 15) is 4.79 Å². The van der Waals surface area contributed by atoms with Gasteiger partial charge in [-0.05, 0) is 49.6 Å². The largest absolute Gasteiger partial charge is 0.486 e. The fourth-order valence-electron chi connectivity index (χ4n) is 3.34. The molecule has 0 saturated carbocycles. The first kappa shape index (κ1) is 17.0. The third kappa shape index (κ3) is 3.58. The zero-order valence-corrected chi connectivity index (χ0v) is 15.2. The number of fused-ring (bicyclic) bond motifs is 1. The van der Waals surface area contributed by atoms with Crippen molar-refractivity contribution in [2.45, 2.75) is 19.3 Å². The van der Waals surface area contributed by atoms with Crippen molar-refractivity contribution in [3.8, 4) is 11.5 Å². The molecule has 0 radical (unpaired) electrons. The Hall–Kier alpha value is -2.40. The van der Waals surface area contributed by atoms with Crippen LogP contribution >= 0.6 is 11.6 Å². The quantitative estimate of drug-likeness (QED) is 0.870. The van der Waals surface area contributed by atoms with Gasteiger partial charge in [-0.15, -0.1) is 0 Å². The first-order valence-corrected chi connectivity index (χ1v) is 9.34. The highest BCUT2D eigenvalue weighted by atomic mass is 35.5. The Balaban J connectivity index is 1.47. The lowest BCUT2D eigenvalue weighted by Gasteiger charge is -2.28. The molecule has 2 heterocycles. The molecule has 0 bridgehead atoms. The van der Waals surface area contributed by atoms with Gasteiger partial charge in [-0.2, -0.15) is 0 Å². The predicted molar refractivity (Wildman–Crippen MR) is 103 cm³/mol. The van der Waals surface area contributed by atoms with Gasteiger partial charge in [0.25, 0.3) is 5.91 Å². The van der Waals surface area contributed by atoms with Crippen LogP contribution in [0.3, 0.4) is 0 Å². The lowest BCUT2D eigenvalue weighted by atomic mass is 10.1. The molecule has 1 N–H and O–H groups in total. The molecule has 5 nitrogen and oxygen atoms in total. The van der Waals surface area contributed by atoms with E-state index in [4.69, 9.17) is 21.1 Å². The minimum Gasteiger partial charge on any atom is -0.486 e. The molecule has 0 aromatic heterocycles. The summed E-state index contributed by atoms with van der Waals surface area (Å²) in [7, 11) is 0. The summed E-state index contributed by atoms with van der Waals surface area (Å²) in [5.41, 5.74) is 2.30. The second-order valence-electron chi connectivity index (χ2n) is 6.52. The van der Waals surface area contributed by atoms with Gasteiger partial charge < -0.3 is 19.7 Å². The smallest absolute Gasteiger partial charge is 0.257 e. The molecule has 2 aliphatic rings. The van der Waals surface area contributed by atoms with Crippen LogP contribution in [0, 0.1) is 0 Å². The molecule has 0 atom stereocenters. The van der Waals surface area contributed by atoms with Crippen LogP contribution in [-0.4, -0.2) is 32.2 Å². The highest BCUT2D eigenvalue weighted by Gasteiger charge is 2.19. The normalized spacial score (nSPS) is 16.3. The number of nitrogens with zero attached hydrogens (tertiary/aromatic N) is 1. The van der Waals surface area contributed by atoms with E-state index in [1.807, 2.05) is 24.3 Å². The number of piperidine rings is 1. The maximum Gasteiger partial charge on any atom is 0.257 e. The van der Waals surface area contributed by atoms with Crippen molar-refractivity contribution < 1.29 is 14.3 Å². The molecule has 0 spiro atoms. The Kier molecular flexibility index (Phi) is 4.89. The van der Waals surface area contributed by atoms with Crippen LogP contribution in [-0.2, 0) is 0 Å². The van der Waals surface area contributed by atoms with E-state index in [1.165, 1.54) is 24.9 Å². The van der Waals surface area contributed by atoms with Crippen molar-refractivity contribution in [3.63, 3.8) is 0 Å². The zero-order chi connectivity index (χ0) is 17.9. The van der Waals surface area contributed by atoms with Crippen LogP contribution in [0.15, 0.2) is 36.4 Å². The van der Waals surface area contributed by atoms with Crippen LogP contribution in [0.2, 0.25) is 5.02 Å². The molecule has 1 saturated heterocycles. The summed E-state index contributed by atoms with van der Waals surface area (Å²) in [5.74, 6) is 0.854. The van der Waals surface area contributed by atoms with Crippen molar-refractivity contribution in [2.75, 3.05) is 36.5 Å². The Bertz CT molecular complexity index is 801. The molecule has 0 aliphatic carbocycles. The minimum atomic E-state index is -0.266. The summed E-state index contributed by atoms with van der Waals surface area (Å²) in [6.07, 6.45) is 3.78. The predicted octanol–water partition coefficient (Wildman–Crippen LogP) is 4.35. The monoisotopic (exact) mass is 372 g/mol. The van der Waals surface area contributed by atoms with Gasteiger partial charge in [0.15, 0.2) is 11.5 Å². The number of rotatable bonds is 3. The molecule has 2 aromatic rings. The fraction of sp³-hybridized carbons (Fsp3) is 0.350. The van der Waals surface area contributed by atoms with Gasteiger partial charge >= 0.3 is 0 Å². The average molecular weight is 373 g/mol. The Morgan fingerprint density at radius 2 is 1.62 bits per heavy atom.